The van der Waals surface area contributed by atoms with Crippen LogP contribution in [0.15, 0.2) is 24.1 Å². The van der Waals surface area contributed by atoms with Gasteiger partial charge in [-0.1, -0.05) is 0 Å². The molecule has 6 nitrogen and oxygen atoms in total. The zero-order chi connectivity index (χ0) is 17.3. The smallest absolute Gasteiger partial charge is 0.310 e. The number of phenols is 1. The second kappa shape index (κ2) is 6.55. The monoisotopic (exact) mass is 331 g/mol. The molecule has 0 bridgehead atoms. The summed E-state index contributed by atoms with van der Waals surface area (Å²) in [5.74, 6) is 0.159. The molecule has 0 aliphatic carbocycles. The Morgan fingerprint density at radius 1 is 1.50 bits per heavy atom. The molecule has 1 aromatic rings. The summed E-state index contributed by atoms with van der Waals surface area (Å²) >= 11 is 0. The van der Waals surface area contributed by atoms with Crippen LogP contribution in [0.25, 0.3) is 0 Å². The predicted octanol–water partition coefficient (Wildman–Crippen LogP) is 2.39. The van der Waals surface area contributed by atoms with E-state index >= 15 is 0 Å². The van der Waals surface area contributed by atoms with E-state index in [0.717, 1.165) is 19.4 Å². The van der Waals surface area contributed by atoms with Gasteiger partial charge in [0.25, 0.3) is 0 Å². The van der Waals surface area contributed by atoms with Crippen molar-refractivity contribution < 1.29 is 24.2 Å². The number of carbonyl (C=O) groups excluding carboxylic acids is 2. The molecule has 1 atom stereocenters. The van der Waals surface area contributed by atoms with Gasteiger partial charge in [-0.3, -0.25) is 9.59 Å². The van der Waals surface area contributed by atoms with Crippen molar-refractivity contribution >= 4 is 11.8 Å². The molecule has 0 radical (unpaired) electrons. The molecule has 1 N–H and O–H groups in total. The molecule has 128 valence electrons. The van der Waals surface area contributed by atoms with Gasteiger partial charge in [0.1, 0.15) is 11.5 Å². The molecule has 1 aromatic carbocycles. The van der Waals surface area contributed by atoms with Crippen molar-refractivity contribution in [3.8, 4) is 11.5 Å². The summed E-state index contributed by atoms with van der Waals surface area (Å²) in [5.41, 5.74) is 1.00. The number of Topliss-reactive ketones (excluding diaryl/α,β-unsaturated/α-hetero) is 1. The van der Waals surface area contributed by atoms with E-state index in [1.54, 1.807) is 26.1 Å². The van der Waals surface area contributed by atoms with E-state index in [-0.39, 0.29) is 29.2 Å². The number of nitrogens with zero attached hydrogens (tertiary/aromatic N) is 1. The van der Waals surface area contributed by atoms with Crippen molar-refractivity contribution in [1.29, 1.82) is 0 Å². The summed E-state index contributed by atoms with van der Waals surface area (Å²) in [6.45, 7) is 5.15. The van der Waals surface area contributed by atoms with E-state index in [1.807, 2.05) is 4.90 Å². The first-order chi connectivity index (χ1) is 11.5. The number of piperidine rings is 1. The van der Waals surface area contributed by atoms with E-state index in [2.05, 4.69) is 0 Å². The molecule has 1 fully saturated rings. The normalized spacial score (nSPS) is 21.6. The van der Waals surface area contributed by atoms with E-state index in [0.29, 0.717) is 30.0 Å². The van der Waals surface area contributed by atoms with Crippen molar-refractivity contribution in [2.24, 2.45) is 5.92 Å². The fourth-order valence-electron chi connectivity index (χ4n) is 3.11. The molecular formula is C18H21NO5. The average Bonchev–Trinajstić information content (AvgIpc) is 2.88. The van der Waals surface area contributed by atoms with Crippen LogP contribution in [0.5, 0.6) is 11.5 Å². The summed E-state index contributed by atoms with van der Waals surface area (Å²) in [5, 5.41) is 9.75. The summed E-state index contributed by atoms with van der Waals surface area (Å²) in [4.78, 5) is 26.3. The van der Waals surface area contributed by atoms with Crippen molar-refractivity contribution in [2.75, 3.05) is 19.7 Å². The van der Waals surface area contributed by atoms with Gasteiger partial charge in [0.15, 0.2) is 5.76 Å². The van der Waals surface area contributed by atoms with Gasteiger partial charge in [-0.2, -0.15) is 0 Å². The highest BCUT2D eigenvalue weighted by molar-refractivity contribution is 6.12. The maximum Gasteiger partial charge on any atom is 0.310 e. The van der Waals surface area contributed by atoms with Crippen molar-refractivity contribution in [3.05, 3.63) is 35.2 Å². The minimum atomic E-state index is -0.202. The fraction of sp³-hybridized carbons (Fsp3) is 0.444. The fourth-order valence-corrected chi connectivity index (χ4v) is 3.11. The minimum absolute atomic E-state index is 0.100. The summed E-state index contributed by atoms with van der Waals surface area (Å²) in [6.07, 6.45) is 3.32. The van der Waals surface area contributed by atoms with Gasteiger partial charge in [0, 0.05) is 24.9 Å². The van der Waals surface area contributed by atoms with E-state index in [4.69, 9.17) is 9.47 Å². The van der Waals surface area contributed by atoms with Crippen LogP contribution in [-0.2, 0) is 9.53 Å². The number of carbonyl (C=O) groups is 2. The van der Waals surface area contributed by atoms with Crippen LogP contribution in [-0.4, -0.2) is 41.5 Å². The third kappa shape index (κ3) is 2.96. The van der Waals surface area contributed by atoms with Gasteiger partial charge in [-0.05, 0) is 38.8 Å². The van der Waals surface area contributed by atoms with Crippen molar-refractivity contribution in [3.63, 3.8) is 0 Å². The predicted molar refractivity (Wildman–Crippen MR) is 86.8 cm³/mol. The Hall–Kier alpha value is -2.50. The molecule has 3 rings (SSSR count). The Balaban J connectivity index is 1.76. The summed E-state index contributed by atoms with van der Waals surface area (Å²) in [7, 11) is 0. The zero-order valence-corrected chi connectivity index (χ0v) is 13.9. The molecule has 1 saturated heterocycles. The molecule has 2 aliphatic rings. The number of fused-ring (bicyclic) bond motifs is 1. The number of aromatic hydroxyl groups is 1. The summed E-state index contributed by atoms with van der Waals surface area (Å²) < 4.78 is 10.8. The molecule has 2 heterocycles. The molecule has 0 spiro atoms. The molecule has 24 heavy (non-hydrogen) atoms. The second-order valence-corrected chi connectivity index (χ2v) is 6.10. The third-order valence-corrected chi connectivity index (χ3v) is 4.43. The molecule has 2 aliphatic heterocycles. The van der Waals surface area contributed by atoms with Gasteiger partial charge in [0.2, 0.25) is 5.78 Å². The van der Waals surface area contributed by atoms with Gasteiger partial charge >= 0.3 is 5.97 Å². The first-order valence-electron chi connectivity index (χ1n) is 8.19. The van der Waals surface area contributed by atoms with Crippen molar-refractivity contribution in [1.82, 2.24) is 4.90 Å². The average molecular weight is 331 g/mol. The number of likely N-dealkylation sites (tertiary alicyclic amines) is 1. The zero-order valence-electron chi connectivity index (χ0n) is 13.9. The molecule has 0 saturated carbocycles. The first kappa shape index (κ1) is 16.4. The highest BCUT2D eigenvalue weighted by Crippen LogP contribution is 2.38. The maximum atomic E-state index is 12.5. The van der Waals surface area contributed by atoms with Crippen LogP contribution in [0.3, 0.4) is 0 Å². The lowest BCUT2D eigenvalue weighted by atomic mass is 9.98. The van der Waals surface area contributed by atoms with Crippen LogP contribution < -0.4 is 4.74 Å². The Morgan fingerprint density at radius 3 is 3.04 bits per heavy atom. The van der Waals surface area contributed by atoms with E-state index < -0.39 is 0 Å². The standard InChI is InChI=1S/C18H21NO5/c1-3-23-18(22)12-5-4-8-19(9-12)10-15-16(21)13-6-7-14(20)11(2)17(13)24-15/h6-7,10,12,20H,3-5,8-9H2,1-2H3. The number of hydrogen-bond donors (Lipinski definition) is 1. The lowest BCUT2D eigenvalue weighted by Gasteiger charge is -2.30. The topological polar surface area (TPSA) is 76.1 Å². The number of benzene rings is 1. The van der Waals surface area contributed by atoms with Crippen LogP contribution in [0.4, 0.5) is 0 Å². The van der Waals surface area contributed by atoms with Crippen LogP contribution in [0.2, 0.25) is 0 Å². The van der Waals surface area contributed by atoms with Gasteiger partial charge < -0.3 is 19.5 Å². The van der Waals surface area contributed by atoms with E-state index in [1.165, 1.54) is 6.07 Å². The van der Waals surface area contributed by atoms with Crippen LogP contribution in [0, 0.1) is 12.8 Å². The highest BCUT2D eigenvalue weighted by atomic mass is 16.5. The van der Waals surface area contributed by atoms with E-state index in [9.17, 15) is 14.7 Å². The second-order valence-electron chi connectivity index (χ2n) is 6.10. The first-order valence-corrected chi connectivity index (χ1v) is 8.19. The lowest BCUT2D eigenvalue weighted by Crippen LogP contribution is -2.36. The van der Waals surface area contributed by atoms with Crippen molar-refractivity contribution in [2.45, 2.75) is 26.7 Å². The summed E-state index contributed by atoms with van der Waals surface area (Å²) in [6, 6.07) is 3.06. The third-order valence-electron chi connectivity index (χ3n) is 4.43. The Morgan fingerprint density at radius 2 is 2.29 bits per heavy atom. The molecule has 0 aromatic heterocycles. The van der Waals surface area contributed by atoms with Crippen LogP contribution in [0.1, 0.15) is 35.7 Å². The number of hydrogen-bond acceptors (Lipinski definition) is 6. The van der Waals surface area contributed by atoms with Crippen LogP contribution >= 0.6 is 0 Å². The maximum absolute atomic E-state index is 12.5. The number of ether oxygens (including phenoxy) is 2. The number of esters is 1. The lowest BCUT2D eigenvalue weighted by molar-refractivity contribution is -0.149. The number of phenolic OH excluding ortho intramolecular Hbond substituents is 1. The highest BCUT2D eigenvalue weighted by Gasteiger charge is 2.32. The molecule has 1 unspecified atom stereocenters. The quantitative estimate of drug-likeness (QED) is 0.677. The number of allylic oxidation sites excluding steroid dienone is 1. The Kier molecular flexibility index (Phi) is 4.46. The Labute approximate surface area is 140 Å². The minimum Gasteiger partial charge on any atom is -0.508 e. The SMILES string of the molecule is CCOC(=O)C1CCCN(C=C2Oc3c(ccc(O)c3C)C2=O)C1. The Bertz CT molecular complexity index is 710. The largest absolute Gasteiger partial charge is 0.508 e. The molecule has 6 heteroatoms. The number of ketones is 1. The van der Waals surface area contributed by atoms with Gasteiger partial charge in [0.05, 0.1) is 18.1 Å². The number of rotatable bonds is 3. The molecule has 0 amide bonds. The van der Waals surface area contributed by atoms with Gasteiger partial charge in [-0.25, -0.2) is 0 Å². The molecular weight excluding hydrogens is 310 g/mol. The van der Waals surface area contributed by atoms with Gasteiger partial charge in [-0.15, -0.1) is 0 Å².